The Morgan fingerprint density at radius 3 is 2.91 bits per heavy atom. The quantitative estimate of drug-likeness (QED) is 0.567. The van der Waals surface area contributed by atoms with Crippen LogP contribution in [0.2, 0.25) is 5.02 Å². The Kier molecular flexibility index (Phi) is 6.64. The number of rotatable bonds is 5. The van der Waals surface area contributed by atoms with E-state index in [0.29, 0.717) is 36.8 Å². The second-order valence-corrected chi connectivity index (χ2v) is 8.43. The number of piperidine rings is 1. The fourth-order valence-corrected chi connectivity index (χ4v) is 4.34. The topological polar surface area (TPSA) is 133 Å². The minimum Gasteiger partial charge on any atom is -0.466 e. The zero-order valence-electron chi connectivity index (χ0n) is 18.0. The van der Waals surface area contributed by atoms with E-state index in [4.69, 9.17) is 16.3 Å². The summed E-state index contributed by atoms with van der Waals surface area (Å²) < 4.78 is 5.12. The van der Waals surface area contributed by atoms with Crippen molar-refractivity contribution in [3.63, 3.8) is 0 Å². The molecule has 4 rings (SSSR count). The van der Waals surface area contributed by atoms with Crippen molar-refractivity contribution in [3.05, 3.63) is 45.2 Å². The van der Waals surface area contributed by atoms with Crippen molar-refractivity contribution in [3.8, 4) is 0 Å². The van der Waals surface area contributed by atoms with E-state index in [-0.39, 0.29) is 35.6 Å². The smallest absolute Gasteiger partial charge is 0.310 e. The summed E-state index contributed by atoms with van der Waals surface area (Å²) in [5.41, 5.74) is 0.0377. The number of carbonyl (C=O) groups excluding carboxylic acids is 3. The molecular weight excluding hydrogens is 450 g/mol. The molecule has 0 aliphatic carbocycles. The highest BCUT2D eigenvalue weighted by atomic mass is 35.5. The summed E-state index contributed by atoms with van der Waals surface area (Å²) in [5.74, 6) is -2.25. The van der Waals surface area contributed by atoms with Crippen LogP contribution in [-0.4, -0.2) is 47.4 Å². The third-order valence-corrected chi connectivity index (χ3v) is 5.92. The standard InChI is InChI=1S/C22H24ClN5O5/c1-2-33-21(32)12-5-4-8-28(11-12)22-26-18-17(20(31)27-22)15(10-16(29)25-18)19(30)24-14-7-3-6-13(23)9-14/h3,6-7,9,12,15H,2,4-5,8,10-11H2,1H3,(H,24,30)(H2,25,26,27,29,31)/t12-,15-/m0/s1. The van der Waals surface area contributed by atoms with Gasteiger partial charge in [0, 0.05) is 30.2 Å². The minimum absolute atomic E-state index is 0.0505. The Morgan fingerprint density at radius 1 is 1.33 bits per heavy atom. The number of fused-ring (bicyclic) bond motifs is 1. The fourth-order valence-electron chi connectivity index (χ4n) is 4.15. The molecule has 0 spiro atoms. The first-order valence-electron chi connectivity index (χ1n) is 10.8. The Labute approximate surface area is 194 Å². The second-order valence-electron chi connectivity index (χ2n) is 7.99. The molecule has 2 amide bonds. The third kappa shape index (κ3) is 5.00. The monoisotopic (exact) mass is 473 g/mol. The molecule has 174 valence electrons. The van der Waals surface area contributed by atoms with Gasteiger partial charge in [-0.1, -0.05) is 17.7 Å². The molecule has 0 bridgehead atoms. The van der Waals surface area contributed by atoms with E-state index in [9.17, 15) is 19.2 Å². The maximum Gasteiger partial charge on any atom is 0.310 e. The zero-order valence-corrected chi connectivity index (χ0v) is 18.8. The third-order valence-electron chi connectivity index (χ3n) is 5.69. The number of amides is 2. The summed E-state index contributed by atoms with van der Waals surface area (Å²) in [4.78, 5) is 59.3. The first-order chi connectivity index (χ1) is 15.9. The highest BCUT2D eigenvalue weighted by Gasteiger charge is 2.36. The molecule has 0 unspecified atom stereocenters. The van der Waals surface area contributed by atoms with Crippen LogP contribution >= 0.6 is 11.6 Å². The summed E-state index contributed by atoms with van der Waals surface area (Å²) in [7, 11) is 0. The number of benzene rings is 1. The minimum atomic E-state index is -1.01. The SMILES string of the molecule is CCOC(=O)[C@H]1CCCN(c2nc3c(c(=O)[nH]2)[C@@H](C(=O)Nc2cccc(Cl)c2)CC(=O)N3)C1. The van der Waals surface area contributed by atoms with E-state index < -0.39 is 23.3 Å². The summed E-state index contributed by atoms with van der Waals surface area (Å²) in [6, 6.07) is 6.59. The molecule has 2 aliphatic rings. The van der Waals surface area contributed by atoms with E-state index in [2.05, 4.69) is 20.6 Å². The van der Waals surface area contributed by atoms with Gasteiger partial charge in [-0.2, -0.15) is 4.98 Å². The highest BCUT2D eigenvalue weighted by Crippen LogP contribution is 2.31. The summed E-state index contributed by atoms with van der Waals surface area (Å²) in [6.45, 7) is 2.98. The van der Waals surface area contributed by atoms with Gasteiger partial charge in [0.15, 0.2) is 0 Å². The number of aromatic nitrogens is 2. The first kappa shape index (κ1) is 22.8. The van der Waals surface area contributed by atoms with Gasteiger partial charge in [0.05, 0.1) is 24.0 Å². The lowest BCUT2D eigenvalue weighted by Gasteiger charge is -2.32. The van der Waals surface area contributed by atoms with Crippen LogP contribution in [-0.2, 0) is 19.1 Å². The van der Waals surface area contributed by atoms with Crippen LogP contribution in [0.1, 0.15) is 37.7 Å². The van der Waals surface area contributed by atoms with E-state index >= 15 is 0 Å². The van der Waals surface area contributed by atoms with Crippen LogP contribution in [0.3, 0.4) is 0 Å². The van der Waals surface area contributed by atoms with E-state index in [0.717, 1.165) is 6.42 Å². The van der Waals surface area contributed by atoms with Gasteiger partial charge in [-0.15, -0.1) is 0 Å². The van der Waals surface area contributed by atoms with Gasteiger partial charge in [0.25, 0.3) is 5.56 Å². The maximum absolute atomic E-state index is 13.0. The van der Waals surface area contributed by atoms with Crippen LogP contribution in [0.4, 0.5) is 17.5 Å². The average molecular weight is 474 g/mol. The molecule has 0 saturated carbocycles. The fraction of sp³-hybridized carbons (Fsp3) is 0.409. The molecule has 1 saturated heterocycles. The van der Waals surface area contributed by atoms with Gasteiger partial charge in [0.1, 0.15) is 5.82 Å². The molecular formula is C22H24ClN5O5. The number of H-pyrrole nitrogens is 1. The number of hydrogen-bond donors (Lipinski definition) is 3. The number of esters is 1. The predicted molar refractivity (Wildman–Crippen MR) is 122 cm³/mol. The molecule has 0 radical (unpaired) electrons. The van der Waals surface area contributed by atoms with Gasteiger partial charge < -0.3 is 20.3 Å². The number of carbonyl (C=O) groups is 3. The van der Waals surface area contributed by atoms with Crippen molar-refractivity contribution in [2.75, 3.05) is 35.2 Å². The van der Waals surface area contributed by atoms with Gasteiger partial charge in [-0.25, -0.2) is 0 Å². The molecule has 2 atom stereocenters. The molecule has 2 aliphatic heterocycles. The normalized spacial score (nSPS) is 19.9. The Hall–Kier alpha value is -3.40. The van der Waals surface area contributed by atoms with Gasteiger partial charge >= 0.3 is 5.97 Å². The predicted octanol–water partition coefficient (Wildman–Crippen LogP) is 2.27. The van der Waals surface area contributed by atoms with Gasteiger partial charge in [-0.3, -0.25) is 24.2 Å². The van der Waals surface area contributed by atoms with Crippen LogP contribution in [0, 0.1) is 5.92 Å². The number of ether oxygens (including phenoxy) is 1. The van der Waals surface area contributed by atoms with Crippen LogP contribution < -0.4 is 21.1 Å². The van der Waals surface area contributed by atoms with Gasteiger partial charge in [-0.05, 0) is 38.0 Å². The number of aromatic amines is 1. The van der Waals surface area contributed by atoms with Gasteiger partial charge in [0.2, 0.25) is 17.8 Å². The van der Waals surface area contributed by atoms with E-state index in [1.807, 2.05) is 0 Å². The number of anilines is 3. The van der Waals surface area contributed by atoms with Crippen molar-refractivity contribution < 1.29 is 19.1 Å². The van der Waals surface area contributed by atoms with Crippen molar-refractivity contribution >= 4 is 46.8 Å². The van der Waals surface area contributed by atoms with Crippen molar-refractivity contribution in [1.29, 1.82) is 0 Å². The first-order valence-corrected chi connectivity index (χ1v) is 11.2. The summed E-state index contributed by atoms with van der Waals surface area (Å²) >= 11 is 5.97. The van der Waals surface area contributed by atoms with Crippen LogP contribution in [0.15, 0.2) is 29.1 Å². The number of halogens is 1. The summed E-state index contributed by atoms with van der Waals surface area (Å²) in [5, 5.41) is 5.75. The summed E-state index contributed by atoms with van der Waals surface area (Å²) in [6.07, 6.45) is 1.23. The maximum atomic E-state index is 13.0. The number of nitrogens with zero attached hydrogens (tertiary/aromatic N) is 2. The zero-order chi connectivity index (χ0) is 23.5. The Balaban J connectivity index is 1.59. The van der Waals surface area contributed by atoms with Crippen molar-refractivity contribution in [1.82, 2.24) is 9.97 Å². The second kappa shape index (κ2) is 9.62. The lowest BCUT2D eigenvalue weighted by molar-refractivity contribution is -0.148. The Morgan fingerprint density at radius 2 is 2.15 bits per heavy atom. The highest BCUT2D eigenvalue weighted by molar-refractivity contribution is 6.30. The lowest BCUT2D eigenvalue weighted by atomic mass is 9.92. The Bertz CT molecular complexity index is 1150. The molecule has 2 aromatic rings. The van der Waals surface area contributed by atoms with E-state index in [1.165, 1.54) is 0 Å². The molecule has 3 N–H and O–H groups in total. The number of nitrogens with one attached hydrogen (secondary N) is 3. The molecule has 1 aromatic carbocycles. The lowest BCUT2D eigenvalue weighted by Crippen LogP contribution is -2.42. The van der Waals surface area contributed by atoms with Crippen molar-refractivity contribution in [2.45, 2.75) is 32.1 Å². The molecule has 1 aromatic heterocycles. The number of hydrogen-bond acceptors (Lipinski definition) is 7. The molecule has 33 heavy (non-hydrogen) atoms. The van der Waals surface area contributed by atoms with Crippen LogP contribution in [0.5, 0.6) is 0 Å². The average Bonchev–Trinajstić information content (AvgIpc) is 2.78. The van der Waals surface area contributed by atoms with Crippen LogP contribution in [0.25, 0.3) is 0 Å². The molecule has 1 fully saturated rings. The molecule has 10 nitrogen and oxygen atoms in total. The van der Waals surface area contributed by atoms with E-state index in [1.54, 1.807) is 36.1 Å². The molecule has 3 heterocycles. The molecule has 11 heteroatoms. The van der Waals surface area contributed by atoms with Crippen molar-refractivity contribution in [2.24, 2.45) is 5.92 Å². The largest absolute Gasteiger partial charge is 0.466 e.